The van der Waals surface area contributed by atoms with Gasteiger partial charge in [-0.3, -0.25) is 4.79 Å². The van der Waals surface area contributed by atoms with E-state index >= 15 is 0 Å². The van der Waals surface area contributed by atoms with Crippen molar-refractivity contribution in [2.75, 3.05) is 13.1 Å². The van der Waals surface area contributed by atoms with Crippen molar-refractivity contribution in [3.8, 4) is 0 Å². The summed E-state index contributed by atoms with van der Waals surface area (Å²) >= 11 is 6.21. The van der Waals surface area contributed by atoms with Crippen molar-refractivity contribution in [2.45, 2.75) is 46.4 Å². The van der Waals surface area contributed by atoms with E-state index in [0.29, 0.717) is 11.8 Å². The Hall–Kier alpha value is -0.240. The Morgan fingerprint density at radius 3 is 2.18 bits per heavy atom. The predicted molar refractivity (Wildman–Crippen MR) is 71.1 cm³/mol. The van der Waals surface area contributed by atoms with E-state index in [1.165, 1.54) is 0 Å². The zero-order valence-corrected chi connectivity index (χ0v) is 12.3. The van der Waals surface area contributed by atoms with E-state index < -0.39 is 0 Å². The molecule has 3 heteroatoms. The molecule has 2 atom stereocenters. The average Bonchev–Trinajstić information content (AvgIpc) is 2.61. The van der Waals surface area contributed by atoms with Crippen molar-refractivity contribution in [3.63, 3.8) is 0 Å². The summed E-state index contributed by atoms with van der Waals surface area (Å²) in [7, 11) is 0. The average molecular weight is 258 g/mol. The summed E-state index contributed by atoms with van der Waals surface area (Å²) in [6, 6.07) is 0. The molecule has 0 radical (unpaired) electrons. The minimum atomic E-state index is 0.144. The Balaban J connectivity index is 2.04. The number of halogens is 1. The SMILES string of the molecule is CC1CN(C(=O)C2C(C)(C)C2(C)C)CCC1Cl. The number of hydrogen-bond acceptors (Lipinski definition) is 1. The minimum absolute atomic E-state index is 0.144. The van der Waals surface area contributed by atoms with E-state index in [2.05, 4.69) is 34.6 Å². The number of amides is 1. The molecular formula is C14H24ClNO. The zero-order valence-electron chi connectivity index (χ0n) is 11.6. The topological polar surface area (TPSA) is 20.3 Å². The summed E-state index contributed by atoms with van der Waals surface area (Å²) in [5, 5.41) is 0.235. The van der Waals surface area contributed by atoms with E-state index in [-0.39, 0.29) is 22.1 Å². The van der Waals surface area contributed by atoms with Gasteiger partial charge in [-0.15, -0.1) is 11.6 Å². The van der Waals surface area contributed by atoms with Crippen LogP contribution in [-0.4, -0.2) is 29.3 Å². The molecule has 1 saturated heterocycles. The monoisotopic (exact) mass is 257 g/mol. The van der Waals surface area contributed by atoms with Gasteiger partial charge in [0.05, 0.1) is 0 Å². The lowest BCUT2D eigenvalue weighted by atomic mass is 9.98. The largest absolute Gasteiger partial charge is 0.342 e. The molecule has 1 saturated carbocycles. The van der Waals surface area contributed by atoms with Gasteiger partial charge in [0.2, 0.25) is 5.91 Å². The van der Waals surface area contributed by atoms with Crippen LogP contribution >= 0.6 is 11.6 Å². The van der Waals surface area contributed by atoms with Crippen LogP contribution in [0.25, 0.3) is 0 Å². The lowest BCUT2D eigenvalue weighted by Crippen LogP contribution is -2.44. The maximum absolute atomic E-state index is 12.5. The molecule has 0 aromatic carbocycles. The Morgan fingerprint density at radius 1 is 1.24 bits per heavy atom. The van der Waals surface area contributed by atoms with Gasteiger partial charge in [-0.25, -0.2) is 0 Å². The molecule has 2 rings (SSSR count). The third-order valence-electron chi connectivity index (χ3n) is 5.38. The molecule has 0 aromatic rings. The van der Waals surface area contributed by atoms with E-state index in [4.69, 9.17) is 11.6 Å². The summed E-state index contributed by atoms with van der Waals surface area (Å²) in [5.41, 5.74) is 0.288. The molecular weight excluding hydrogens is 234 g/mol. The van der Waals surface area contributed by atoms with Crippen molar-refractivity contribution in [3.05, 3.63) is 0 Å². The molecule has 0 aromatic heterocycles. The fourth-order valence-electron chi connectivity index (χ4n) is 3.31. The van der Waals surface area contributed by atoms with Crippen LogP contribution in [0.1, 0.15) is 41.0 Å². The van der Waals surface area contributed by atoms with Gasteiger partial charge in [-0.05, 0) is 23.2 Å². The molecule has 2 nitrogen and oxygen atoms in total. The number of hydrogen-bond donors (Lipinski definition) is 0. The molecule has 2 aliphatic rings. The lowest BCUT2D eigenvalue weighted by molar-refractivity contribution is -0.135. The summed E-state index contributed by atoms with van der Waals surface area (Å²) in [6.45, 7) is 12.6. The first-order chi connectivity index (χ1) is 7.69. The van der Waals surface area contributed by atoms with Gasteiger partial charge in [-0.1, -0.05) is 34.6 Å². The lowest BCUT2D eigenvalue weighted by Gasteiger charge is -2.34. The standard InChI is InChI=1S/C14H24ClNO/c1-9-8-16(7-6-10(9)15)12(17)11-13(2,3)14(11,4)5/h9-11H,6-8H2,1-5H3. The van der Waals surface area contributed by atoms with Gasteiger partial charge in [0.25, 0.3) is 0 Å². The minimum Gasteiger partial charge on any atom is -0.342 e. The van der Waals surface area contributed by atoms with Crippen LogP contribution in [-0.2, 0) is 4.79 Å². The smallest absolute Gasteiger partial charge is 0.226 e. The second-order valence-electron chi connectivity index (χ2n) is 6.94. The van der Waals surface area contributed by atoms with Crippen LogP contribution in [0.4, 0.5) is 0 Å². The molecule has 1 amide bonds. The molecule has 0 spiro atoms. The zero-order chi connectivity index (χ0) is 13.0. The quantitative estimate of drug-likeness (QED) is 0.661. The molecule has 2 fully saturated rings. The first-order valence-electron chi connectivity index (χ1n) is 6.62. The van der Waals surface area contributed by atoms with Gasteiger partial charge in [0.15, 0.2) is 0 Å². The van der Waals surface area contributed by atoms with Gasteiger partial charge < -0.3 is 4.90 Å². The Labute approximate surface area is 110 Å². The molecule has 98 valence electrons. The molecule has 17 heavy (non-hydrogen) atoms. The number of likely N-dealkylation sites (tertiary alicyclic amines) is 1. The molecule has 1 aliphatic carbocycles. The maximum Gasteiger partial charge on any atom is 0.226 e. The Kier molecular flexibility index (Phi) is 3.01. The first kappa shape index (κ1) is 13.2. The van der Waals surface area contributed by atoms with Gasteiger partial charge in [-0.2, -0.15) is 0 Å². The van der Waals surface area contributed by atoms with Crippen molar-refractivity contribution in [1.29, 1.82) is 0 Å². The highest BCUT2D eigenvalue weighted by atomic mass is 35.5. The van der Waals surface area contributed by atoms with Crippen LogP contribution in [0.3, 0.4) is 0 Å². The van der Waals surface area contributed by atoms with E-state index in [1.54, 1.807) is 0 Å². The van der Waals surface area contributed by atoms with Gasteiger partial charge in [0.1, 0.15) is 0 Å². The van der Waals surface area contributed by atoms with Crippen LogP contribution in [0.2, 0.25) is 0 Å². The number of alkyl halides is 1. The van der Waals surface area contributed by atoms with Crippen LogP contribution in [0.5, 0.6) is 0 Å². The summed E-state index contributed by atoms with van der Waals surface area (Å²) in [5.74, 6) is 0.948. The number of piperidine rings is 1. The van der Waals surface area contributed by atoms with Gasteiger partial charge in [0, 0.05) is 24.4 Å². The molecule has 1 heterocycles. The van der Waals surface area contributed by atoms with Crippen LogP contribution in [0.15, 0.2) is 0 Å². The van der Waals surface area contributed by atoms with Crippen molar-refractivity contribution in [1.82, 2.24) is 4.90 Å². The van der Waals surface area contributed by atoms with Crippen molar-refractivity contribution < 1.29 is 4.79 Å². The molecule has 1 aliphatic heterocycles. The summed E-state index contributed by atoms with van der Waals surface area (Å²) < 4.78 is 0. The van der Waals surface area contributed by atoms with Crippen molar-refractivity contribution in [2.24, 2.45) is 22.7 Å². The summed E-state index contributed by atoms with van der Waals surface area (Å²) in [4.78, 5) is 14.6. The highest BCUT2D eigenvalue weighted by molar-refractivity contribution is 6.20. The van der Waals surface area contributed by atoms with E-state index in [9.17, 15) is 4.79 Å². The van der Waals surface area contributed by atoms with Crippen LogP contribution < -0.4 is 0 Å². The first-order valence-corrected chi connectivity index (χ1v) is 7.06. The Bertz CT molecular complexity index is 323. The molecule has 2 unspecified atom stereocenters. The fourth-order valence-corrected chi connectivity index (χ4v) is 3.49. The number of carbonyl (C=O) groups is 1. The summed E-state index contributed by atoms with van der Waals surface area (Å²) in [6.07, 6.45) is 0.933. The fraction of sp³-hybridized carbons (Fsp3) is 0.929. The Morgan fingerprint density at radius 2 is 1.76 bits per heavy atom. The van der Waals surface area contributed by atoms with Crippen LogP contribution in [0, 0.1) is 22.7 Å². The van der Waals surface area contributed by atoms with Gasteiger partial charge >= 0.3 is 0 Å². The number of rotatable bonds is 1. The predicted octanol–water partition coefficient (Wildman–Crippen LogP) is 3.14. The molecule has 0 bridgehead atoms. The maximum atomic E-state index is 12.5. The molecule has 0 N–H and O–H groups in total. The van der Waals surface area contributed by atoms with E-state index in [0.717, 1.165) is 19.5 Å². The van der Waals surface area contributed by atoms with E-state index in [1.807, 2.05) is 4.90 Å². The second-order valence-corrected chi connectivity index (χ2v) is 7.50. The van der Waals surface area contributed by atoms with Crippen molar-refractivity contribution >= 4 is 17.5 Å². The number of nitrogens with zero attached hydrogens (tertiary/aromatic N) is 1. The third-order valence-corrected chi connectivity index (χ3v) is 6.03. The highest BCUT2D eigenvalue weighted by Crippen LogP contribution is 2.68. The number of carbonyl (C=O) groups excluding carboxylic acids is 1. The normalized spacial score (nSPS) is 35.8. The highest BCUT2D eigenvalue weighted by Gasteiger charge is 2.68. The second kappa shape index (κ2) is 3.88. The third kappa shape index (κ3) is 1.89.